The highest BCUT2D eigenvalue weighted by Gasteiger charge is 2.17. The molecule has 0 bridgehead atoms. The van der Waals surface area contributed by atoms with Gasteiger partial charge in [0.25, 0.3) is 5.91 Å². The summed E-state index contributed by atoms with van der Waals surface area (Å²) in [5.74, 6) is 0.614. The Balaban J connectivity index is 1.96. The van der Waals surface area contributed by atoms with Crippen molar-refractivity contribution in [2.75, 3.05) is 11.9 Å². The van der Waals surface area contributed by atoms with Crippen LogP contribution in [0.3, 0.4) is 0 Å². The molecule has 1 aliphatic heterocycles. The molecule has 1 heterocycles. The number of carbonyl (C=O) groups is 1. The van der Waals surface area contributed by atoms with E-state index in [9.17, 15) is 4.79 Å². The van der Waals surface area contributed by atoms with E-state index in [1.54, 1.807) is 0 Å². The van der Waals surface area contributed by atoms with Gasteiger partial charge in [-0.1, -0.05) is 38.7 Å². The van der Waals surface area contributed by atoms with Gasteiger partial charge >= 0.3 is 0 Å². The number of rotatable bonds is 6. The topological polar surface area (TPSA) is 64.3 Å². The summed E-state index contributed by atoms with van der Waals surface area (Å²) in [4.78, 5) is 11.3. The fraction of sp³-hybridized carbons (Fsp3) is 0.533. The van der Waals surface area contributed by atoms with Crippen LogP contribution in [0.5, 0.6) is 5.75 Å². The lowest BCUT2D eigenvalue weighted by molar-refractivity contribution is -0.118. The number of nitrogens with two attached hydrogens (primary N) is 1. The van der Waals surface area contributed by atoms with Gasteiger partial charge in [0.15, 0.2) is 6.61 Å². The van der Waals surface area contributed by atoms with Gasteiger partial charge in [0.1, 0.15) is 5.75 Å². The van der Waals surface area contributed by atoms with E-state index in [1.807, 2.05) is 18.2 Å². The van der Waals surface area contributed by atoms with Gasteiger partial charge in [-0.3, -0.25) is 4.79 Å². The Kier molecular flexibility index (Phi) is 4.80. The van der Waals surface area contributed by atoms with Gasteiger partial charge < -0.3 is 15.8 Å². The number of ether oxygens (including phenoxy) is 1. The van der Waals surface area contributed by atoms with Gasteiger partial charge in [0.05, 0.1) is 5.69 Å². The molecule has 1 unspecified atom stereocenters. The van der Waals surface area contributed by atoms with Crippen LogP contribution in [0.2, 0.25) is 0 Å². The summed E-state index contributed by atoms with van der Waals surface area (Å²) in [6, 6.07) is 5.83. The zero-order valence-corrected chi connectivity index (χ0v) is 11.4. The number of fused-ring (bicyclic) bond motifs is 1. The molecular weight excluding hydrogens is 240 g/mol. The molecule has 1 aromatic rings. The molecule has 1 aliphatic rings. The number of carbonyl (C=O) groups excluding carboxylic acids is 1. The Bertz CT molecular complexity index is 446. The van der Waals surface area contributed by atoms with Crippen LogP contribution >= 0.6 is 0 Å². The molecular formula is C15H22N2O2. The predicted octanol–water partition coefficient (Wildman–Crippen LogP) is 2.99. The fourth-order valence-corrected chi connectivity index (χ4v) is 2.29. The molecule has 0 aromatic heterocycles. The van der Waals surface area contributed by atoms with E-state index < -0.39 is 0 Å². The standard InChI is InChI=1S/C15H22N2O2/c1-2-3-4-5-6-12(16)11-7-8-14-13(9-11)17-15(18)10-19-14/h7-9,12H,2-6,10,16H2,1H3,(H,17,18). The molecule has 0 saturated carbocycles. The second-order valence-electron chi connectivity index (χ2n) is 5.05. The van der Waals surface area contributed by atoms with Gasteiger partial charge in [-0.05, 0) is 24.1 Å². The molecule has 104 valence electrons. The molecule has 4 nitrogen and oxygen atoms in total. The Morgan fingerprint density at radius 3 is 3.00 bits per heavy atom. The quantitative estimate of drug-likeness (QED) is 0.775. The highest BCUT2D eigenvalue weighted by atomic mass is 16.5. The summed E-state index contributed by atoms with van der Waals surface area (Å²) < 4.78 is 5.33. The second-order valence-corrected chi connectivity index (χ2v) is 5.05. The van der Waals surface area contributed by atoms with E-state index in [0.717, 1.165) is 29.8 Å². The van der Waals surface area contributed by atoms with Crippen molar-refractivity contribution in [3.8, 4) is 5.75 Å². The average Bonchev–Trinajstić information content (AvgIpc) is 2.42. The summed E-state index contributed by atoms with van der Waals surface area (Å²) in [6.45, 7) is 2.29. The molecule has 4 heteroatoms. The van der Waals surface area contributed by atoms with E-state index in [2.05, 4.69) is 12.2 Å². The van der Waals surface area contributed by atoms with E-state index in [-0.39, 0.29) is 18.6 Å². The van der Waals surface area contributed by atoms with Crippen molar-refractivity contribution in [3.63, 3.8) is 0 Å². The minimum atomic E-state index is -0.110. The summed E-state index contributed by atoms with van der Waals surface area (Å²) in [7, 11) is 0. The van der Waals surface area contributed by atoms with Crippen molar-refractivity contribution in [1.82, 2.24) is 0 Å². The zero-order valence-electron chi connectivity index (χ0n) is 11.4. The molecule has 0 radical (unpaired) electrons. The van der Waals surface area contributed by atoms with Crippen LogP contribution in [-0.2, 0) is 4.79 Å². The number of nitrogens with one attached hydrogen (secondary N) is 1. The van der Waals surface area contributed by atoms with Crippen LogP contribution in [0.15, 0.2) is 18.2 Å². The highest BCUT2D eigenvalue weighted by Crippen LogP contribution is 2.31. The van der Waals surface area contributed by atoms with Crippen LogP contribution in [0.1, 0.15) is 50.6 Å². The third-order valence-electron chi connectivity index (χ3n) is 3.43. The molecule has 0 aliphatic carbocycles. The van der Waals surface area contributed by atoms with E-state index in [0.29, 0.717) is 0 Å². The molecule has 3 N–H and O–H groups in total. The van der Waals surface area contributed by atoms with Crippen molar-refractivity contribution < 1.29 is 9.53 Å². The van der Waals surface area contributed by atoms with Crippen LogP contribution in [0.4, 0.5) is 5.69 Å². The maximum Gasteiger partial charge on any atom is 0.262 e. The maximum atomic E-state index is 11.3. The predicted molar refractivity (Wildman–Crippen MR) is 76.3 cm³/mol. The normalized spacial score (nSPS) is 15.4. The van der Waals surface area contributed by atoms with Crippen LogP contribution in [0.25, 0.3) is 0 Å². The monoisotopic (exact) mass is 262 g/mol. The molecule has 1 aromatic carbocycles. The van der Waals surface area contributed by atoms with Crippen molar-refractivity contribution in [2.24, 2.45) is 5.73 Å². The molecule has 0 saturated heterocycles. The van der Waals surface area contributed by atoms with Crippen LogP contribution < -0.4 is 15.8 Å². The number of amides is 1. The van der Waals surface area contributed by atoms with E-state index in [1.165, 1.54) is 19.3 Å². The minimum absolute atomic E-state index is 0.0287. The first-order valence-corrected chi connectivity index (χ1v) is 7.03. The largest absolute Gasteiger partial charge is 0.482 e. The summed E-state index contributed by atoms with van der Waals surface area (Å²) >= 11 is 0. The highest BCUT2D eigenvalue weighted by molar-refractivity contribution is 5.95. The first kappa shape index (κ1) is 13.9. The maximum absolute atomic E-state index is 11.3. The minimum Gasteiger partial charge on any atom is -0.482 e. The second kappa shape index (κ2) is 6.57. The number of hydrogen-bond donors (Lipinski definition) is 2. The Morgan fingerprint density at radius 1 is 1.37 bits per heavy atom. The van der Waals surface area contributed by atoms with E-state index in [4.69, 9.17) is 10.5 Å². The zero-order chi connectivity index (χ0) is 13.7. The molecule has 0 spiro atoms. The van der Waals surface area contributed by atoms with Gasteiger partial charge in [0.2, 0.25) is 0 Å². The van der Waals surface area contributed by atoms with Crippen molar-refractivity contribution in [1.29, 1.82) is 0 Å². The first-order chi connectivity index (χ1) is 9.20. The SMILES string of the molecule is CCCCCCC(N)c1ccc2c(c1)NC(=O)CO2. The van der Waals surface area contributed by atoms with Crippen LogP contribution in [-0.4, -0.2) is 12.5 Å². The van der Waals surface area contributed by atoms with Gasteiger partial charge in [0, 0.05) is 6.04 Å². The lowest BCUT2D eigenvalue weighted by atomic mass is 10.00. The van der Waals surface area contributed by atoms with Gasteiger partial charge in [-0.2, -0.15) is 0 Å². The summed E-state index contributed by atoms with van der Waals surface area (Å²) in [5, 5.41) is 2.81. The van der Waals surface area contributed by atoms with E-state index >= 15 is 0 Å². The van der Waals surface area contributed by atoms with Crippen molar-refractivity contribution in [2.45, 2.75) is 45.1 Å². The van der Waals surface area contributed by atoms with Crippen LogP contribution in [0, 0.1) is 0 Å². The smallest absolute Gasteiger partial charge is 0.262 e. The van der Waals surface area contributed by atoms with Crippen molar-refractivity contribution in [3.05, 3.63) is 23.8 Å². The van der Waals surface area contributed by atoms with Gasteiger partial charge in [-0.15, -0.1) is 0 Å². The molecule has 0 fully saturated rings. The Hall–Kier alpha value is -1.55. The first-order valence-electron chi connectivity index (χ1n) is 7.03. The molecule has 1 atom stereocenters. The Morgan fingerprint density at radius 2 is 2.21 bits per heavy atom. The Labute approximate surface area is 114 Å². The third kappa shape index (κ3) is 3.70. The number of benzene rings is 1. The number of anilines is 1. The lowest BCUT2D eigenvalue weighted by Crippen LogP contribution is -2.25. The molecule has 2 rings (SSSR count). The summed E-state index contributed by atoms with van der Waals surface area (Å²) in [6.07, 6.45) is 5.86. The van der Waals surface area contributed by atoms with Gasteiger partial charge in [-0.25, -0.2) is 0 Å². The van der Waals surface area contributed by atoms with Crippen molar-refractivity contribution >= 4 is 11.6 Å². The lowest BCUT2D eigenvalue weighted by Gasteiger charge is -2.20. The third-order valence-corrected chi connectivity index (χ3v) is 3.43. The fourth-order valence-electron chi connectivity index (χ4n) is 2.29. The average molecular weight is 262 g/mol. The number of hydrogen-bond acceptors (Lipinski definition) is 3. The molecule has 1 amide bonds. The molecule has 19 heavy (non-hydrogen) atoms. The summed E-state index contributed by atoms with van der Waals surface area (Å²) in [5.41, 5.74) is 7.98. The number of unbranched alkanes of at least 4 members (excludes halogenated alkanes) is 3.